The van der Waals surface area contributed by atoms with E-state index >= 15 is 0 Å². The lowest BCUT2D eigenvalue weighted by Gasteiger charge is -2.09. The lowest BCUT2D eigenvalue weighted by atomic mass is 10.1. The molecule has 0 aliphatic rings. The lowest BCUT2D eigenvalue weighted by Crippen LogP contribution is -2.15. The van der Waals surface area contributed by atoms with Crippen LogP contribution in [-0.4, -0.2) is 25.9 Å². The predicted octanol–water partition coefficient (Wildman–Crippen LogP) is 3.07. The zero-order valence-electron chi connectivity index (χ0n) is 15.1. The topological polar surface area (TPSA) is 75.6 Å². The highest BCUT2D eigenvalue weighted by molar-refractivity contribution is 5.92. The highest BCUT2D eigenvalue weighted by Crippen LogP contribution is 2.15. The van der Waals surface area contributed by atoms with Crippen molar-refractivity contribution in [1.82, 2.24) is 20.0 Å². The molecule has 0 bridgehead atoms. The van der Waals surface area contributed by atoms with Crippen LogP contribution in [-0.2, 0) is 17.8 Å². The normalized spacial score (nSPS) is 10.9. The molecular weight excluding hydrogens is 314 g/mol. The van der Waals surface area contributed by atoms with E-state index in [1.54, 1.807) is 0 Å². The summed E-state index contributed by atoms with van der Waals surface area (Å²) in [7, 11) is 0. The molecule has 25 heavy (non-hydrogen) atoms. The largest absolute Gasteiger partial charge is 0.326 e. The van der Waals surface area contributed by atoms with Gasteiger partial charge in [0.15, 0.2) is 0 Å². The van der Waals surface area contributed by atoms with Crippen LogP contribution < -0.4 is 5.32 Å². The second kappa shape index (κ2) is 6.93. The standard InChI is InChI=1S/C19H23N5O/c1-12-8-13(2)24(23-12)11-16-6-5-7-17(9-16)20-19(25)10-18-14(3)21-22-15(18)4/h5-9H,10-11H2,1-4H3,(H,20,25)(H,21,22). The van der Waals surface area contributed by atoms with Gasteiger partial charge in [0.05, 0.1) is 24.4 Å². The van der Waals surface area contributed by atoms with Crippen LogP contribution in [0, 0.1) is 27.7 Å². The third-order valence-corrected chi connectivity index (χ3v) is 4.26. The summed E-state index contributed by atoms with van der Waals surface area (Å²) >= 11 is 0. The SMILES string of the molecule is Cc1cc(C)n(Cc2cccc(NC(=O)Cc3c(C)n[nH]c3C)c2)n1. The fourth-order valence-corrected chi connectivity index (χ4v) is 2.96. The number of rotatable bonds is 5. The molecule has 1 amide bonds. The van der Waals surface area contributed by atoms with Gasteiger partial charge in [0, 0.05) is 22.6 Å². The maximum absolute atomic E-state index is 12.3. The summed E-state index contributed by atoms with van der Waals surface area (Å²) in [5.41, 5.74) is 6.78. The van der Waals surface area contributed by atoms with E-state index in [1.165, 1.54) is 0 Å². The van der Waals surface area contributed by atoms with E-state index in [0.29, 0.717) is 13.0 Å². The molecule has 3 rings (SSSR count). The molecule has 0 spiro atoms. The Labute approximate surface area is 147 Å². The molecule has 3 aromatic rings. The summed E-state index contributed by atoms with van der Waals surface area (Å²) in [6.07, 6.45) is 0.315. The second-order valence-electron chi connectivity index (χ2n) is 6.42. The molecule has 0 fully saturated rings. The van der Waals surface area contributed by atoms with Gasteiger partial charge in [-0.15, -0.1) is 0 Å². The Balaban J connectivity index is 1.69. The average molecular weight is 337 g/mol. The van der Waals surface area contributed by atoms with Crippen LogP contribution >= 0.6 is 0 Å². The molecule has 130 valence electrons. The van der Waals surface area contributed by atoms with Crippen molar-refractivity contribution >= 4 is 11.6 Å². The van der Waals surface area contributed by atoms with Crippen LogP contribution in [0.15, 0.2) is 30.3 Å². The fourth-order valence-electron chi connectivity index (χ4n) is 2.96. The van der Waals surface area contributed by atoms with Crippen molar-refractivity contribution < 1.29 is 4.79 Å². The third-order valence-electron chi connectivity index (χ3n) is 4.26. The first-order chi connectivity index (χ1) is 11.9. The Bertz CT molecular complexity index is 887. The van der Waals surface area contributed by atoms with E-state index < -0.39 is 0 Å². The summed E-state index contributed by atoms with van der Waals surface area (Å²) in [6, 6.07) is 9.93. The minimum Gasteiger partial charge on any atom is -0.326 e. The van der Waals surface area contributed by atoms with Crippen molar-refractivity contribution in [1.29, 1.82) is 0 Å². The number of carbonyl (C=O) groups is 1. The molecule has 6 nitrogen and oxygen atoms in total. The Morgan fingerprint density at radius 2 is 2.00 bits per heavy atom. The first kappa shape index (κ1) is 17.0. The van der Waals surface area contributed by atoms with Crippen LogP contribution in [0.3, 0.4) is 0 Å². The van der Waals surface area contributed by atoms with Gasteiger partial charge in [0.1, 0.15) is 0 Å². The number of hydrogen-bond donors (Lipinski definition) is 2. The number of amides is 1. The highest BCUT2D eigenvalue weighted by atomic mass is 16.1. The van der Waals surface area contributed by atoms with Crippen molar-refractivity contribution in [3.8, 4) is 0 Å². The van der Waals surface area contributed by atoms with Gasteiger partial charge in [0.2, 0.25) is 5.91 Å². The molecule has 6 heteroatoms. The number of H-pyrrole nitrogens is 1. The monoisotopic (exact) mass is 337 g/mol. The van der Waals surface area contributed by atoms with Crippen molar-refractivity contribution in [2.24, 2.45) is 0 Å². The second-order valence-corrected chi connectivity index (χ2v) is 6.42. The molecule has 0 unspecified atom stereocenters. The molecule has 0 aliphatic heterocycles. The average Bonchev–Trinajstić information content (AvgIpc) is 3.03. The van der Waals surface area contributed by atoms with Crippen LogP contribution in [0.5, 0.6) is 0 Å². The van der Waals surface area contributed by atoms with Crippen LogP contribution in [0.2, 0.25) is 0 Å². The summed E-state index contributed by atoms with van der Waals surface area (Å²) in [5, 5.41) is 14.5. The van der Waals surface area contributed by atoms with Crippen LogP contribution in [0.25, 0.3) is 0 Å². The zero-order chi connectivity index (χ0) is 18.0. The maximum Gasteiger partial charge on any atom is 0.228 e. The number of hydrogen-bond acceptors (Lipinski definition) is 3. The molecular formula is C19H23N5O. The molecule has 0 saturated carbocycles. The first-order valence-electron chi connectivity index (χ1n) is 8.32. The Morgan fingerprint density at radius 3 is 2.64 bits per heavy atom. The molecule has 0 aliphatic carbocycles. The number of nitrogens with one attached hydrogen (secondary N) is 2. The number of aromatic amines is 1. The van der Waals surface area contributed by atoms with E-state index in [0.717, 1.165) is 39.6 Å². The number of benzene rings is 1. The van der Waals surface area contributed by atoms with Gasteiger partial charge in [-0.2, -0.15) is 10.2 Å². The molecule has 2 aromatic heterocycles. The van der Waals surface area contributed by atoms with Gasteiger partial charge in [-0.25, -0.2) is 0 Å². The summed E-state index contributed by atoms with van der Waals surface area (Å²) in [6.45, 7) is 8.54. The van der Waals surface area contributed by atoms with Crippen molar-refractivity contribution in [2.45, 2.75) is 40.7 Å². The van der Waals surface area contributed by atoms with Crippen molar-refractivity contribution in [2.75, 3.05) is 5.32 Å². The molecule has 0 atom stereocenters. The number of aryl methyl sites for hydroxylation is 4. The van der Waals surface area contributed by atoms with Crippen molar-refractivity contribution in [3.05, 3.63) is 64.2 Å². The predicted molar refractivity (Wildman–Crippen MR) is 97.6 cm³/mol. The van der Waals surface area contributed by atoms with Gasteiger partial charge >= 0.3 is 0 Å². The Hall–Kier alpha value is -2.89. The molecule has 1 aromatic carbocycles. The van der Waals surface area contributed by atoms with Crippen LogP contribution in [0.4, 0.5) is 5.69 Å². The molecule has 0 radical (unpaired) electrons. The number of aromatic nitrogens is 4. The van der Waals surface area contributed by atoms with Gasteiger partial charge in [-0.3, -0.25) is 14.6 Å². The van der Waals surface area contributed by atoms with Crippen LogP contribution in [0.1, 0.15) is 33.9 Å². The zero-order valence-corrected chi connectivity index (χ0v) is 15.1. The quantitative estimate of drug-likeness (QED) is 0.751. The number of anilines is 1. The van der Waals surface area contributed by atoms with E-state index in [4.69, 9.17) is 0 Å². The molecule has 2 heterocycles. The summed E-state index contributed by atoms with van der Waals surface area (Å²) in [4.78, 5) is 12.3. The highest BCUT2D eigenvalue weighted by Gasteiger charge is 2.12. The van der Waals surface area contributed by atoms with Gasteiger partial charge in [-0.1, -0.05) is 12.1 Å². The van der Waals surface area contributed by atoms with Gasteiger partial charge in [0.25, 0.3) is 0 Å². The fraction of sp³-hybridized carbons (Fsp3) is 0.316. The number of nitrogens with zero attached hydrogens (tertiary/aromatic N) is 3. The van der Waals surface area contributed by atoms with E-state index in [2.05, 4.69) is 26.7 Å². The van der Waals surface area contributed by atoms with Gasteiger partial charge < -0.3 is 5.32 Å². The minimum absolute atomic E-state index is 0.0455. The third kappa shape index (κ3) is 3.96. The smallest absolute Gasteiger partial charge is 0.228 e. The minimum atomic E-state index is -0.0455. The van der Waals surface area contributed by atoms with E-state index in [-0.39, 0.29) is 5.91 Å². The first-order valence-corrected chi connectivity index (χ1v) is 8.32. The van der Waals surface area contributed by atoms with Crippen molar-refractivity contribution in [3.63, 3.8) is 0 Å². The Morgan fingerprint density at radius 1 is 1.20 bits per heavy atom. The summed E-state index contributed by atoms with van der Waals surface area (Å²) in [5.74, 6) is -0.0455. The van der Waals surface area contributed by atoms with Gasteiger partial charge in [-0.05, 0) is 51.5 Å². The van der Waals surface area contributed by atoms with E-state index in [1.807, 2.05) is 56.6 Å². The number of carbonyl (C=O) groups excluding carboxylic acids is 1. The van der Waals surface area contributed by atoms with E-state index in [9.17, 15) is 4.79 Å². The molecule has 2 N–H and O–H groups in total. The molecule has 0 saturated heterocycles. The lowest BCUT2D eigenvalue weighted by molar-refractivity contribution is -0.115. The Kier molecular flexibility index (Phi) is 4.70. The maximum atomic E-state index is 12.3. The summed E-state index contributed by atoms with van der Waals surface area (Å²) < 4.78 is 1.97.